The fourth-order valence-electron chi connectivity index (χ4n) is 2.99. The van der Waals surface area contributed by atoms with Crippen LogP contribution in [0.3, 0.4) is 0 Å². The number of nitrogens with one attached hydrogen (secondary N) is 2. The predicted octanol–water partition coefficient (Wildman–Crippen LogP) is 3.87. The molecular weight excluding hydrogens is 360 g/mol. The van der Waals surface area contributed by atoms with Crippen molar-refractivity contribution >= 4 is 23.5 Å². The number of alkyl halides is 2. The van der Waals surface area contributed by atoms with Gasteiger partial charge in [-0.2, -0.15) is 8.78 Å². The normalized spacial score (nSPS) is 16.7. The van der Waals surface area contributed by atoms with E-state index < -0.39 is 5.76 Å². The third-order valence-electron chi connectivity index (χ3n) is 4.16. The number of thioether (sulfide) groups is 1. The predicted molar refractivity (Wildman–Crippen MR) is 101 cm³/mol. The summed E-state index contributed by atoms with van der Waals surface area (Å²) in [4.78, 5) is 15.0. The number of urea groups is 1. The van der Waals surface area contributed by atoms with E-state index >= 15 is 0 Å². The van der Waals surface area contributed by atoms with Gasteiger partial charge in [0.25, 0.3) is 5.76 Å². The molecule has 0 saturated carbocycles. The van der Waals surface area contributed by atoms with E-state index in [-0.39, 0.29) is 12.1 Å². The van der Waals surface area contributed by atoms with Crippen LogP contribution in [0.2, 0.25) is 0 Å². The third-order valence-corrected chi connectivity index (χ3v) is 4.94. The number of para-hydroxylation sites is 1. The molecule has 1 atom stereocenters. The van der Waals surface area contributed by atoms with Crippen molar-refractivity contribution in [1.29, 1.82) is 0 Å². The molecule has 1 aliphatic rings. The standard InChI is InChI=1S/C18H27F2N3O2S/c1-13(2)11-14(23-7-9-25-10-8-23)12-21-18(24)22-15-5-3-4-6-16(15)26-17(19)20/h3-6,13-14,17H,7-12H2,1-2H3,(H2,21,22,24)/t14-/m1/s1. The first-order chi connectivity index (χ1) is 12.5. The molecule has 8 heteroatoms. The summed E-state index contributed by atoms with van der Waals surface area (Å²) in [6.45, 7) is 7.95. The molecule has 0 spiro atoms. The van der Waals surface area contributed by atoms with Crippen molar-refractivity contribution in [3.8, 4) is 0 Å². The molecule has 1 aromatic carbocycles. The number of halogens is 2. The smallest absolute Gasteiger partial charge is 0.319 e. The number of hydrogen-bond donors (Lipinski definition) is 2. The zero-order valence-corrected chi connectivity index (χ0v) is 16.0. The Morgan fingerprint density at radius 2 is 1.96 bits per heavy atom. The van der Waals surface area contributed by atoms with Crippen LogP contribution in [0.15, 0.2) is 29.2 Å². The Balaban J connectivity index is 1.91. The van der Waals surface area contributed by atoms with Crippen LogP contribution in [0.25, 0.3) is 0 Å². The first-order valence-electron chi connectivity index (χ1n) is 8.86. The van der Waals surface area contributed by atoms with Gasteiger partial charge in [0.05, 0.1) is 18.9 Å². The monoisotopic (exact) mass is 387 g/mol. The molecule has 0 unspecified atom stereocenters. The van der Waals surface area contributed by atoms with Crippen molar-refractivity contribution < 1.29 is 18.3 Å². The Kier molecular flexibility index (Phi) is 8.61. The van der Waals surface area contributed by atoms with Gasteiger partial charge in [-0.1, -0.05) is 37.7 Å². The lowest BCUT2D eigenvalue weighted by molar-refractivity contribution is 0.0130. The molecule has 2 rings (SSSR count). The summed E-state index contributed by atoms with van der Waals surface area (Å²) in [6.07, 6.45) is 0.970. The van der Waals surface area contributed by atoms with E-state index in [9.17, 15) is 13.6 Å². The molecule has 1 heterocycles. The average molecular weight is 387 g/mol. The number of nitrogens with zero attached hydrogens (tertiary/aromatic N) is 1. The molecule has 0 aliphatic carbocycles. The summed E-state index contributed by atoms with van der Waals surface area (Å²) in [5.41, 5.74) is 0.391. The molecule has 0 radical (unpaired) electrons. The van der Waals surface area contributed by atoms with E-state index in [1.54, 1.807) is 24.3 Å². The number of amides is 2. The van der Waals surface area contributed by atoms with Crippen LogP contribution in [-0.2, 0) is 4.74 Å². The third kappa shape index (κ3) is 7.09. The average Bonchev–Trinajstić information content (AvgIpc) is 2.60. The highest BCUT2D eigenvalue weighted by Crippen LogP contribution is 2.31. The van der Waals surface area contributed by atoms with Gasteiger partial charge in [-0.25, -0.2) is 4.79 Å². The molecule has 2 amide bonds. The second-order valence-corrected chi connectivity index (χ2v) is 7.67. The Bertz CT molecular complexity index is 569. The van der Waals surface area contributed by atoms with Gasteiger partial charge in [-0.3, -0.25) is 4.90 Å². The maximum Gasteiger partial charge on any atom is 0.319 e. The first-order valence-corrected chi connectivity index (χ1v) is 9.74. The van der Waals surface area contributed by atoms with Crippen molar-refractivity contribution in [3.63, 3.8) is 0 Å². The van der Waals surface area contributed by atoms with Crippen molar-refractivity contribution in [2.45, 2.75) is 37.0 Å². The quantitative estimate of drug-likeness (QED) is 0.665. The van der Waals surface area contributed by atoms with Crippen molar-refractivity contribution in [2.75, 3.05) is 38.2 Å². The lowest BCUT2D eigenvalue weighted by Crippen LogP contribution is -2.49. The Morgan fingerprint density at radius 1 is 1.27 bits per heavy atom. The van der Waals surface area contributed by atoms with Gasteiger partial charge in [0, 0.05) is 30.6 Å². The topological polar surface area (TPSA) is 53.6 Å². The minimum absolute atomic E-state index is 0.232. The van der Waals surface area contributed by atoms with Gasteiger partial charge in [0.15, 0.2) is 0 Å². The van der Waals surface area contributed by atoms with Crippen molar-refractivity contribution in [1.82, 2.24) is 10.2 Å². The first kappa shape index (κ1) is 20.9. The molecule has 26 heavy (non-hydrogen) atoms. The van der Waals surface area contributed by atoms with Gasteiger partial charge >= 0.3 is 6.03 Å². The Morgan fingerprint density at radius 3 is 2.62 bits per heavy atom. The van der Waals surface area contributed by atoms with E-state index in [1.165, 1.54) is 0 Å². The largest absolute Gasteiger partial charge is 0.379 e. The minimum atomic E-state index is -2.53. The van der Waals surface area contributed by atoms with Crippen LogP contribution in [0, 0.1) is 5.92 Å². The highest BCUT2D eigenvalue weighted by Gasteiger charge is 2.22. The molecule has 0 bridgehead atoms. The highest BCUT2D eigenvalue weighted by atomic mass is 32.2. The summed E-state index contributed by atoms with van der Waals surface area (Å²) >= 11 is 0.425. The van der Waals surface area contributed by atoms with E-state index in [0.717, 1.165) is 19.5 Å². The molecule has 2 N–H and O–H groups in total. The lowest BCUT2D eigenvalue weighted by Gasteiger charge is -2.35. The van der Waals surface area contributed by atoms with Gasteiger partial charge in [-0.05, 0) is 24.5 Å². The molecule has 1 fully saturated rings. The van der Waals surface area contributed by atoms with Gasteiger partial charge in [-0.15, -0.1) is 0 Å². The molecule has 1 aliphatic heterocycles. The summed E-state index contributed by atoms with van der Waals surface area (Å²) in [6, 6.07) is 6.43. The maximum absolute atomic E-state index is 12.6. The van der Waals surface area contributed by atoms with Crippen molar-refractivity contribution in [2.24, 2.45) is 5.92 Å². The van der Waals surface area contributed by atoms with E-state index in [4.69, 9.17) is 4.74 Å². The maximum atomic E-state index is 12.6. The molecule has 0 aromatic heterocycles. The number of anilines is 1. The van der Waals surface area contributed by atoms with E-state index in [1.807, 2.05) is 0 Å². The minimum Gasteiger partial charge on any atom is -0.379 e. The fourth-order valence-corrected chi connectivity index (χ4v) is 3.59. The van der Waals surface area contributed by atoms with E-state index in [2.05, 4.69) is 29.4 Å². The second-order valence-electron chi connectivity index (χ2n) is 6.64. The number of carbonyl (C=O) groups excluding carboxylic acids is 1. The van der Waals surface area contributed by atoms with Gasteiger partial charge in [0.1, 0.15) is 0 Å². The zero-order valence-electron chi connectivity index (χ0n) is 15.2. The number of rotatable bonds is 8. The molecule has 5 nitrogen and oxygen atoms in total. The number of hydrogen-bond acceptors (Lipinski definition) is 4. The number of ether oxygens (including phenoxy) is 1. The van der Waals surface area contributed by atoms with Crippen LogP contribution in [0.4, 0.5) is 19.3 Å². The number of benzene rings is 1. The molecule has 1 aromatic rings. The lowest BCUT2D eigenvalue weighted by atomic mass is 10.0. The fraction of sp³-hybridized carbons (Fsp3) is 0.611. The summed E-state index contributed by atoms with van der Waals surface area (Å²) < 4.78 is 30.7. The molecule has 1 saturated heterocycles. The van der Waals surface area contributed by atoms with Crippen LogP contribution in [-0.4, -0.2) is 55.6 Å². The van der Waals surface area contributed by atoms with Crippen LogP contribution < -0.4 is 10.6 Å². The molecular formula is C18H27F2N3O2S. The van der Waals surface area contributed by atoms with Crippen LogP contribution in [0.5, 0.6) is 0 Å². The number of morpholine rings is 1. The summed E-state index contributed by atoms with van der Waals surface area (Å²) in [5.74, 6) is -2.02. The highest BCUT2D eigenvalue weighted by molar-refractivity contribution is 7.99. The van der Waals surface area contributed by atoms with Gasteiger partial charge in [0.2, 0.25) is 0 Å². The van der Waals surface area contributed by atoms with Gasteiger partial charge < -0.3 is 15.4 Å². The molecule has 146 valence electrons. The second kappa shape index (κ2) is 10.7. The van der Waals surface area contributed by atoms with E-state index in [0.29, 0.717) is 48.0 Å². The SMILES string of the molecule is CC(C)C[C@H](CNC(=O)Nc1ccccc1SC(F)F)N1CCOCC1. The van der Waals surface area contributed by atoms with Crippen LogP contribution >= 0.6 is 11.8 Å². The van der Waals surface area contributed by atoms with Crippen LogP contribution in [0.1, 0.15) is 20.3 Å². The Labute approximate surface area is 157 Å². The zero-order chi connectivity index (χ0) is 18.9. The summed E-state index contributed by atoms with van der Waals surface area (Å²) in [5, 5.41) is 5.57. The number of carbonyl (C=O) groups is 1. The summed E-state index contributed by atoms with van der Waals surface area (Å²) in [7, 11) is 0. The van der Waals surface area contributed by atoms with Crippen molar-refractivity contribution in [3.05, 3.63) is 24.3 Å². The Hall–Kier alpha value is -1.38.